The molecule has 0 bridgehead atoms. The number of pyridine rings is 1. The number of nitrogens with zero attached hydrogens (tertiary/aromatic N) is 3. The van der Waals surface area contributed by atoms with E-state index in [4.69, 9.17) is 4.98 Å². The molecular formula is C33H27IrN3-2. The van der Waals surface area contributed by atoms with E-state index in [1.165, 1.54) is 16.3 Å². The average Bonchev–Trinajstić information content (AvgIpc) is 2.93. The van der Waals surface area contributed by atoms with E-state index >= 15 is 0 Å². The summed E-state index contributed by atoms with van der Waals surface area (Å²) in [7, 11) is 0. The zero-order valence-corrected chi connectivity index (χ0v) is 23.5. The van der Waals surface area contributed by atoms with Gasteiger partial charge >= 0.3 is 0 Å². The second kappa shape index (κ2) is 11.6. The molecule has 0 saturated carbocycles. The van der Waals surface area contributed by atoms with Crippen LogP contribution in [-0.4, -0.2) is 15.0 Å². The summed E-state index contributed by atoms with van der Waals surface area (Å²) < 4.78 is 0. The van der Waals surface area contributed by atoms with Gasteiger partial charge in [-0.25, -0.2) is 0 Å². The summed E-state index contributed by atoms with van der Waals surface area (Å²) in [4.78, 5) is 13.5. The Kier molecular flexibility index (Phi) is 8.23. The third-order valence-corrected chi connectivity index (χ3v) is 5.98. The fraction of sp³-hybridized carbons (Fsp3) is 0.121. The van der Waals surface area contributed by atoms with Crippen LogP contribution in [0, 0.1) is 12.1 Å². The van der Waals surface area contributed by atoms with Crippen molar-refractivity contribution in [2.75, 3.05) is 0 Å². The van der Waals surface area contributed by atoms with Gasteiger partial charge in [0.05, 0.1) is 5.82 Å². The van der Waals surface area contributed by atoms with E-state index in [1.807, 2.05) is 60.9 Å². The Morgan fingerprint density at radius 2 is 1.43 bits per heavy atom. The van der Waals surface area contributed by atoms with Crippen LogP contribution in [0.5, 0.6) is 0 Å². The summed E-state index contributed by atoms with van der Waals surface area (Å²) in [6.07, 6.45) is 3.65. The standard InChI is InChI=1S/C20H19N2.C13H8N.Ir/c1-20(2,3)18-12-13-21-19(22-18)17-11-7-10-16(14-17)15-8-5-4-6-9-15;1-2-6-12-10(4-1)7-8-11-5-3-9-14-13(11)12;/h4-10,12-14H,1-3H3;1-5,7-9H;/q2*-1;. The third-order valence-electron chi connectivity index (χ3n) is 5.98. The van der Waals surface area contributed by atoms with Crippen molar-refractivity contribution in [1.29, 1.82) is 0 Å². The number of hydrogen-bond donors (Lipinski definition) is 0. The first-order chi connectivity index (χ1) is 17.5. The Bertz CT molecular complexity index is 1570. The molecule has 37 heavy (non-hydrogen) atoms. The van der Waals surface area contributed by atoms with E-state index in [9.17, 15) is 0 Å². The molecular weight excluding hydrogens is 631 g/mol. The average molecular weight is 658 g/mol. The quantitative estimate of drug-likeness (QED) is 0.140. The van der Waals surface area contributed by atoms with Gasteiger partial charge in [0.15, 0.2) is 0 Å². The zero-order chi connectivity index (χ0) is 25.0. The molecule has 0 aliphatic heterocycles. The van der Waals surface area contributed by atoms with Crippen LogP contribution < -0.4 is 0 Å². The maximum atomic E-state index is 4.71. The number of hydrogen-bond acceptors (Lipinski definition) is 3. The predicted octanol–water partition coefficient (Wildman–Crippen LogP) is 8.09. The van der Waals surface area contributed by atoms with Gasteiger partial charge in [0, 0.05) is 43.6 Å². The molecule has 6 rings (SSSR count). The van der Waals surface area contributed by atoms with Crippen molar-refractivity contribution in [3.05, 3.63) is 127 Å². The van der Waals surface area contributed by atoms with E-state index in [-0.39, 0.29) is 25.5 Å². The summed E-state index contributed by atoms with van der Waals surface area (Å²) in [6.45, 7) is 6.47. The van der Waals surface area contributed by atoms with Crippen LogP contribution in [-0.2, 0) is 25.5 Å². The van der Waals surface area contributed by atoms with Crippen LogP contribution in [0.4, 0.5) is 0 Å². The fourth-order valence-corrected chi connectivity index (χ4v) is 4.05. The molecule has 0 fully saturated rings. The molecule has 0 aliphatic carbocycles. The van der Waals surface area contributed by atoms with Crippen molar-refractivity contribution in [1.82, 2.24) is 15.0 Å². The summed E-state index contributed by atoms with van der Waals surface area (Å²) in [6, 6.07) is 39.1. The second-order valence-corrected chi connectivity index (χ2v) is 9.65. The molecule has 0 unspecified atom stereocenters. The van der Waals surface area contributed by atoms with Gasteiger partial charge in [0.25, 0.3) is 0 Å². The topological polar surface area (TPSA) is 38.7 Å². The summed E-state index contributed by atoms with van der Waals surface area (Å²) >= 11 is 0. The minimum atomic E-state index is 0. The number of rotatable bonds is 2. The Morgan fingerprint density at radius 1 is 0.649 bits per heavy atom. The first kappa shape index (κ1) is 26.3. The van der Waals surface area contributed by atoms with Gasteiger partial charge in [-0.2, -0.15) is 0 Å². The van der Waals surface area contributed by atoms with Crippen molar-refractivity contribution in [3.63, 3.8) is 0 Å². The molecule has 0 atom stereocenters. The Balaban J connectivity index is 0.000000184. The fourth-order valence-electron chi connectivity index (χ4n) is 4.05. The molecule has 0 saturated heterocycles. The van der Waals surface area contributed by atoms with Gasteiger partial charge in [0.2, 0.25) is 0 Å². The van der Waals surface area contributed by atoms with Gasteiger partial charge in [0.1, 0.15) is 0 Å². The molecule has 1 radical (unpaired) electrons. The van der Waals surface area contributed by atoms with Crippen LogP contribution >= 0.6 is 0 Å². The monoisotopic (exact) mass is 658 g/mol. The van der Waals surface area contributed by atoms with Gasteiger partial charge in [-0.05, 0) is 28.6 Å². The van der Waals surface area contributed by atoms with Gasteiger partial charge in [-0.3, -0.25) is 9.97 Å². The number of aromatic nitrogens is 3. The number of benzene rings is 4. The van der Waals surface area contributed by atoms with Crippen LogP contribution in [0.2, 0.25) is 0 Å². The van der Waals surface area contributed by atoms with E-state index in [0.29, 0.717) is 0 Å². The van der Waals surface area contributed by atoms with E-state index in [0.717, 1.165) is 33.5 Å². The minimum Gasteiger partial charge on any atom is -0.304 e. The molecule has 2 heterocycles. The van der Waals surface area contributed by atoms with Crippen molar-refractivity contribution in [2.24, 2.45) is 0 Å². The molecule has 0 amide bonds. The third kappa shape index (κ3) is 6.17. The maximum Gasteiger partial charge on any atom is 0.0751 e. The Hall–Kier alpha value is -3.72. The Morgan fingerprint density at radius 3 is 2.24 bits per heavy atom. The second-order valence-electron chi connectivity index (χ2n) is 9.65. The molecule has 3 nitrogen and oxygen atoms in total. The van der Waals surface area contributed by atoms with E-state index in [1.54, 1.807) is 0 Å². The normalized spacial score (nSPS) is 10.9. The summed E-state index contributed by atoms with van der Waals surface area (Å²) in [5.41, 5.74) is 5.34. The number of fused-ring (bicyclic) bond motifs is 3. The van der Waals surface area contributed by atoms with Crippen LogP contribution in [0.15, 0.2) is 109 Å². The van der Waals surface area contributed by atoms with Gasteiger partial charge in [-0.15, -0.1) is 70.4 Å². The molecule has 2 aromatic heterocycles. The maximum absolute atomic E-state index is 4.71. The summed E-state index contributed by atoms with van der Waals surface area (Å²) in [5, 5.41) is 3.46. The largest absolute Gasteiger partial charge is 0.304 e. The minimum absolute atomic E-state index is 0. The predicted molar refractivity (Wildman–Crippen MR) is 149 cm³/mol. The molecule has 0 aliphatic rings. The molecule has 0 N–H and O–H groups in total. The van der Waals surface area contributed by atoms with Crippen LogP contribution in [0.1, 0.15) is 26.5 Å². The van der Waals surface area contributed by atoms with E-state index < -0.39 is 0 Å². The van der Waals surface area contributed by atoms with Crippen molar-refractivity contribution in [2.45, 2.75) is 26.2 Å². The summed E-state index contributed by atoms with van der Waals surface area (Å²) in [5.74, 6) is 0.727. The molecule has 0 spiro atoms. The van der Waals surface area contributed by atoms with Crippen molar-refractivity contribution >= 4 is 21.7 Å². The Labute approximate surface area is 232 Å². The van der Waals surface area contributed by atoms with E-state index in [2.05, 4.69) is 91.4 Å². The molecule has 6 aromatic rings. The molecule has 185 valence electrons. The van der Waals surface area contributed by atoms with Gasteiger partial charge < -0.3 is 4.98 Å². The molecule has 4 aromatic carbocycles. The van der Waals surface area contributed by atoms with Crippen molar-refractivity contribution < 1.29 is 20.1 Å². The molecule has 4 heteroatoms. The van der Waals surface area contributed by atoms with Gasteiger partial charge in [-0.1, -0.05) is 69.3 Å². The smallest absolute Gasteiger partial charge is 0.0751 e. The first-order valence-corrected chi connectivity index (χ1v) is 12.0. The first-order valence-electron chi connectivity index (χ1n) is 12.0. The zero-order valence-electron chi connectivity index (χ0n) is 21.1. The SMILES string of the molecule is CC(C)(C)c1ccnc(-c2[c-]ccc(-c3ccccc3)c2)n1.[Ir].[c-]1cccc2ccc3cccnc3c12. The van der Waals surface area contributed by atoms with Crippen LogP contribution in [0.3, 0.4) is 0 Å². The van der Waals surface area contributed by atoms with Crippen molar-refractivity contribution in [3.8, 4) is 22.5 Å². The van der Waals surface area contributed by atoms with Crippen LogP contribution in [0.25, 0.3) is 44.2 Å².